The quantitative estimate of drug-likeness (QED) is 0.337. The smallest absolute Gasteiger partial charge is 0.255 e. The number of hydrogen-bond acceptors (Lipinski definition) is 7. The van der Waals surface area contributed by atoms with Crippen molar-refractivity contribution in [3.8, 4) is 11.5 Å². The number of pyridine rings is 1. The molecule has 188 valence electrons. The minimum Gasteiger partial charge on any atom is -0.497 e. The van der Waals surface area contributed by atoms with Crippen molar-refractivity contribution in [2.45, 2.75) is 25.3 Å². The van der Waals surface area contributed by atoms with Gasteiger partial charge in [-0.25, -0.2) is 14.6 Å². The summed E-state index contributed by atoms with van der Waals surface area (Å²) in [6, 6.07) is 15.4. The van der Waals surface area contributed by atoms with Gasteiger partial charge in [-0.15, -0.1) is 0 Å². The van der Waals surface area contributed by atoms with Crippen LogP contribution < -0.4 is 9.47 Å². The first-order chi connectivity index (χ1) is 18.1. The fraction of sp³-hybridized carbons (Fsp3) is 0.286. The number of benzene rings is 2. The van der Waals surface area contributed by atoms with Gasteiger partial charge in [-0.05, 0) is 43.2 Å². The van der Waals surface area contributed by atoms with Crippen molar-refractivity contribution in [1.29, 1.82) is 0 Å². The maximum atomic E-state index is 13.3. The van der Waals surface area contributed by atoms with Gasteiger partial charge in [0.2, 0.25) is 0 Å². The molecule has 1 aliphatic heterocycles. The van der Waals surface area contributed by atoms with E-state index < -0.39 is 0 Å². The average Bonchev–Trinajstić information content (AvgIpc) is 3.57. The number of amides is 1. The Morgan fingerprint density at radius 3 is 2.68 bits per heavy atom. The zero-order valence-corrected chi connectivity index (χ0v) is 20.8. The molecule has 0 unspecified atom stereocenters. The van der Waals surface area contributed by atoms with Crippen LogP contribution in [0.5, 0.6) is 11.5 Å². The fourth-order valence-electron chi connectivity index (χ4n) is 4.93. The molecule has 0 saturated carbocycles. The highest BCUT2D eigenvalue weighted by molar-refractivity contribution is 5.96. The standard InChI is InChI=1S/C28H27N5O4/c1-35-22-8-7-19(25(14-22)36-2)17-33-26-20(16-30-33)13-21(15-29-26)28(34)32-11-9-18(10-12-32)27-31-23-5-3-4-6-24(23)37-27/h3-8,13-16,18H,9-12,17H2,1-2H3. The first-order valence-electron chi connectivity index (χ1n) is 12.3. The van der Waals surface area contributed by atoms with Gasteiger partial charge in [-0.1, -0.05) is 12.1 Å². The van der Waals surface area contributed by atoms with E-state index in [9.17, 15) is 4.79 Å². The van der Waals surface area contributed by atoms with E-state index in [1.807, 2.05) is 53.4 Å². The monoisotopic (exact) mass is 497 g/mol. The fourth-order valence-corrected chi connectivity index (χ4v) is 4.93. The predicted molar refractivity (Wildman–Crippen MR) is 138 cm³/mol. The first kappa shape index (κ1) is 23.0. The molecule has 9 heteroatoms. The molecule has 1 amide bonds. The Kier molecular flexibility index (Phi) is 5.96. The van der Waals surface area contributed by atoms with E-state index in [1.165, 1.54) is 0 Å². The number of oxazole rings is 1. The number of aromatic nitrogens is 4. The molecule has 0 atom stereocenters. The molecule has 4 heterocycles. The number of para-hydroxylation sites is 2. The van der Waals surface area contributed by atoms with E-state index in [0.717, 1.165) is 52.3 Å². The number of methoxy groups -OCH3 is 2. The van der Waals surface area contributed by atoms with Crippen LogP contribution in [0.2, 0.25) is 0 Å². The van der Waals surface area contributed by atoms with Crippen LogP contribution in [-0.4, -0.2) is 57.9 Å². The lowest BCUT2D eigenvalue weighted by atomic mass is 9.96. The van der Waals surface area contributed by atoms with Crippen molar-refractivity contribution in [1.82, 2.24) is 24.6 Å². The van der Waals surface area contributed by atoms with Gasteiger partial charge in [0.1, 0.15) is 17.0 Å². The Balaban J connectivity index is 1.15. The molecule has 0 spiro atoms. The summed E-state index contributed by atoms with van der Waals surface area (Å²) in [7, 11) is 3.25. The molecule has 3 aromatic heterocycles. The zero-order chi connectivity index (χ0) is 25.4. The Bertz CT molecular complexity index is 1550. The number of fused-ring (bicyclic) bond motifs is 2. The highest BCUT2D eigenvalue weighted by atomic mass is 16.5. The molecule has 1 aliphatic rings. The van der Waals surface area contributed by atoms with Gasteiger partial charge in [0.25, 0.3) is 5.91 Å². The minimum absolute atomic E-state index is 0.0185. The molecule has 6 rings (SSSR count). The molecule has 0 N–H and O–H groups in total. The Labute approximate surface area is 213 Å². The summed E-state index contributed by atoms with van der Waals surface area (Å²) in [5.41, 5.74) is 3.92. The molecule has 1 saturated heterocycles. The maximum Gasteiger partial charge on any atom is 0.255 e. The molecule has 5 aromatic rings. The third-order valence-corrected chi connectivity index (χ3v) is 6.98. The largest absolute Gasteiger partial charge is 0.497 e. The summed E-state index contributed by atoms with van der Waals surface area (Å²) in [5, 5.41) is 5.33. The van der Waals surface area contributed by atoms with Gasteiger partial charge in [0.15, 0.2) is 17.1 Å². The maximum absolute atomic E-state index is 13.3. The number of hydrogen-bond donors (Lipinski definition) is 0. The highest BCUT2D eigenvalue weighted by Gasteiger charge is 2.28. The SMILES string of the molecule is COc1ccc(Cn2ncc3cc(C(=O)N4CCC(c5nc6ccccc6o5)CC4)cnc32)c(OC)c1. The van der Waals surface area contributed by atoms with E-state index in [0.29, 0.717) is 30.8 Å². The van der Waals surface area contributed by atoms with Gasteiger partial charge in [0, 0.05) is 42.2 Å². The van der Waals surface area contributed by atoms with Gasteiger partial charge < -0.3 is 18.8 Å². The second kappa shape index (κ2) is 9.57. The number of carbonyl (C=O) groups excluding carboxylic acids is 1. The predicted octanol–water partition coefficient (Wildman–Crippen LogP) is 4.66. The van der Waals surface area contributed by atoms with Gasteiger partial charge in [0.05, 0.1) is 32.5 Å². The minimum atomic E-state index is -0.0185. The van der Waals surface area contributed by atoms with Crippen LogP contribution in [0.1, 0.15) is 40.6 Å². The van der Waals surface area contributed by atoms with Crippen LogP contribution in [0, 0.1) is 0 Å². The number of carbonyl (C=O) groups is 1. The first-order valence-corrected chi connectivity index (χ1v) is 12.3. The summed E-state index contributed by atoms with van der Waals surface area (Å²) in [5.74, 6) is 2.40. The second-order valence-electron chi connectivity index (χ2n) is 9.20. The van der Waals surface area contributed by atoms with Crippen LogP contribution in [0.4, 0.5) is 0 Å². The summed E-state index contributed by atoms with van der Waals surface area (Å²) in [4.78, 5) is 24.4. The lowest BCUT2D eigenvalue weighted by Gasteiger charge is -2.30. The zero-order valence-electron chi connectivity index (χ0n) is 20.8. The van der Waals surface area contributed by atoms with Crippen molar-refractivity contribution < 1.29 is 18.7 Å². The Hall–Kier alpha value is -4.40. The lowest BCUT2D eigenvalue weighted by Crippen LogP contribution is -2.38. The summed E-state index contributed by atoms with van der Waals surface area (Å²) in [6.07, 6.45) is 5.02. The molecule has 2 aromatic carbocycles. The van der Waals surface area contributed by atoms with Gasteiger partial charge >= 0.3 is 0 Å². The lowest BCUT2D eigenvalue weighted by molar-refractivity contribution is 0.0706. The Morgan fingerprint density at radius 1 is 1.05 bits per heavy atom. The second-order valence-corrected chi connectivity index (χ2v) is 9.20. The molecular formula is C28H27N5O4. The van der Waals surface area contributed by atoms with Crippen molar-refractivity contribution in [3.05, 3.63) is 77.9 Å². The molecule has 1 fully saturated rings. The van der Waals surface area contributed by atoms with E-state index in [1.54, 1.807) is 31.3 Å². The van der Waals surface area contributed by atoms with Crippen LogP contribution in [0.25, 0.3) is 22.1 Å². The van der Waals surface area contributed by atoms with Crippen molar-refractivity contribution in [3.63, 3.8) is 0 Å². The van der Waals surface area contributed by atoms with Crippen LogP contribution in [-0.2, 0) is 6.54 Å². The number of likely N-dealkylation sites (tertiary alicyclic amines) is 1. The van der Waals surface area contributed by atoms with Crippen molar-refractivity contribution >= 4 is 28.0 Å². The normalized spacial score (nSPS) is 14.4. The Morgan fingerprint density at radius 2 is 1.89 bits per heavy atom. The number of rotatable bonds is 6. The molecule has 9 nitrogen and oxygen atoms in total. The van der Waals surface area contributed by atoms with Crippen molar-refractivity contribution in [2.75, 3.05) is 27.3 Å². The molecule has 0 bridgehead atoms. The summed E-state index contributed by atoms with van der Waals surface area (Å²) < 4.78 is 18.6. The van der Waals surface area contributed by atoms with E-state index in [4.69, 9.17) is 13.9 Å². The highest BCUT2D eigenvalue weighted by Crippen LogP contribution is 2.31. The number of nitrogens with zero attached hydrogens (tertiary/aromatic N) is 5. The third kappa shape index (κ3) is 4.37. The van der Waals surface area contributed by atoms with E-state index in [-0.39, 0.29) is 11.8 Å². The van der Waals surface area contributed by atoms with Crippen LogP contribution in [0.3, 0.4) is 0 Å². The third-order valence-electron chi connectivity index (χ3n) is 6.98. The summed E-state index contributed by atoms with van der Waals surface area (Å²) in [6.45, 7) is 1.79. The van der Waals surface area contributed by atoms with Gasteiger partial charge in [-0.2, -0.15) is 5.10 Å². The summed E-state index contributed by atoms with van der Waals surface area (Å²) >= 11 is 0. The number of piperidine rings is 1. The van der Waals surface area contributed by atoms with Gasteiger partial charge in [-0.3, -0.25) is 4.79 Å². The molecule has 0 radical (unpaired) electrons. The van der Waals surface area contributed by atoms with Crippen molar-refractivity contribution in [2.24, 2.45) is 0 Å². The van der Waals surface area contributed by atoms with Crippen LogP contribution >= 0.6 is 0 Å². The topological polar surface area (TPSA) is 95.5 Å². The molecular weight excluding hydrogens is 470 g/mol. The van der Waals surface area contributed by atoms with Crippen LogP contribution in [0.15, 0.2) is 65.3 Å². The van der Waals surface area contributed by atoms with E-state index >= 15 is 0 Å². The average molecular weight is 498 g/mol. The number of ether oxygens (including phenoxy) is 2. The van der Waals surface area contributed by atoms with E-state index in [2.05, 4.69) is 15.1 Å². The molecule has 37 heavy (non-hydrogen) atoms. The molecule has 0 aliphatic carbocycles.